The molecule has 0 aromatic rings. The number of nitrogens with two attached hydrogens (primary N) is 1. The largest absolute Gasteiger partial charge is 0.379 e. The number of nitrogens with one attached hydrogen (secondary N) is 1. The summed E-state index contributed by atoms with van der Waals surface area (Å²) in [4.78, 5) is 58.3. The molecule has 0 bridgehead atoms. The van der Waals surface area contributed by atoms with E-state index in [9.17, 15) is 19.2 Å². The Morgan fingerprint density at radius 2 is 1.57 bits per heavy atom. The molecule has 8 atom stereocenters. The van der Waals surface area contributed by atoms with Gasteiger partial charge in [-0.2, -0.15) is 0 Å². The molecule has 11 nitrogen and oxygen atoms in total. The zero-order valence-corrected chi connectivity index (χ0v) is 28.2. The van der Waals surface area contributed by atoms with Gasteiger partial charge in [-0.15, -0.1) is 0 Å². The lowest BCUT2D eigenvalue weighted by atomic mass is 9.89. The Hall–Kier alpha value is -2.24. The second-order valence-electron chi connectivity index (χ2n) is 12.9. The van der Waals surface area contributed by atoms with Gasteiger partial charge < -0.3 is 30.3 Å². The lowest BCUT2D eigenvalue weighted by Gasteiger charge is -2.41. The summed E-state index contributed by atoms with van der Waals surface area (Å²) in [6.07, 6.45) is 1.26. The van der Waals surface area contributed by atoms with Crippen LogP contribution in [-0.2, 0) is 28.7 Å². The molecule has 0 saturated carbocycles. The number of carbonyl (C=O) groups is 4. The lowest BCUT2D eigenvalue weighted by Crippen LogP contribution is -2.59. The number of methoxy groups -OCH3 is 2. The molecule has 1 rings (SSSR count). The van der Waals surface area contributed by atoms with Gasteiger partial charge >= 0.3 is 0 Å². The molecule has 0 aliphatic carbocycles. The van der Waals surface area contributed by atoms with Crippen LogP contribution in [0.4, 0.5) is 0 Å². The molecule has 1 heterocycles. The molecule has 11 heteroatoms. The fourth-order valence-electron chi connectivity index (χ4n) is 6.42. The van der Waals surface area contributed by atoms with Crippen LogP contribution < -0.4 is 11.1 Å². The third kappa shape index (κ3) is 9.38. The van der Waals surface area contributed by atoms with Crippen LogP contribution >= 0.6 is 0 Å². The number of carbonyl (C=O) groups excluding carboxylic acids is 4. The second kappa shape index (κ2) is 17.2. The van der Waals surface area contributed by atoms with E-state index in [-0.39, 0.29) is 54.0 Å². The number of amides is 4. The van der Waals surface area contributed by atoms with Crippen molar-refractivity contribution in [1.82, 2.24) is 20.0 Å². The molecule has 3 N–H and O–H groups in total. The summed E-state index contributed by atoms with van der Waals surface area (Å²) in [5, 5.41) is 3.02. The summed E-state index contributed by atoms with van der Waals surface area (Å²) in [6.45, 7) is 14.2. The molecule has 0 aromatic carbocycles. The Kier molecular flexibility index (Phi) is 15.4. The molecule has 0 aromatic heterocycles. The predicted molar refractivity (Wildman–Crippen MR) is 164 cm³/mol. The number of likely N-dealkylation sites (N-methyl/N-ethyl adjacent to an activating group) is 2. The molecule has 244 valence electrons. The van der Waals surface area contributed by atoms with Gasteiger partial charge in [0.1, 0.15) is 6.04 Å². The van der Waals surface area contributed by atoms with Crippen molar-refractivity contribution < 1.29 is 28.7 Å². The van der Waals surface area contributed by atoms with Crippen LogP contribution in [0.2, 0.25) is 0 Å². The third-order valence-corrected chi connectivity index (χ3v) is 8.98. The summed E-state index contributed by atoms with van der Waals surface area (Å²) in [5.74, 6) is -1.60. The fraction of sp³-hybridized carbons (Fsp3) is 0.871. The number of nitrogens with zero attached hydrogens (tertiary/aromatic N) is 3. The van der Waals surface area contributed by atoms with Gasteiger partial charge in [0, 0.05) is 27.8 Å². The highest BCUT2D eigenvalue weighted by Crippen LogP contribution is 2.29. The van der Waals surface area contributed by atoms with Crippen molar-refractivity contribution in [2.75, 3.05) is 41.9 Å². The van der Waals surface area contributed by atoms with Crippen LogP contribution in [0.15, 0.2) is 0 Å². The van der Waals surface area contributed by atoms with Crippen LogP contribution in [0.5, 0.6) is 0 Å². The molecule has 1 fully saturated rings. The molecule has 0 radical (unpaired) electrons. The third-order valence-electron chi connectivity index (χ3n) is 8.98. The number of hydrogen-bond acceptors (Lipinski definition) is 7. The second-order valence-corrected chi connectivity index (χ2v) is 12.9. The Morgan fingerprint density at radius 3 is 2.00 bits per heavy atom. The highest BCUT2D eigenvalue weighted by Gasteiger charge is 2.42. The van der Waals surface area contributed by atoms with Gasteiger partial charge in [0.2, 0.25) is 23.6 Å². The van der Waals surface area contributed by atoms with E-state index >= 15 is 0 Å². The summed E-state index contributed by atoms with van der Waals surface area (Å²) in [5.41, 5.74) is 5.57. The normalized spacial score (nSPS) is 20.6. The van der Waals surface area contributed by atoms with E-state index in [2.05, 4.69) is 5.32 Å². The van der Waals surface area contributed by atoms with Crippen molar-refractivity contribution in [2.24, 2.45) is 29.4 Å². The molecule has 1 saturated heterocycles. The van der Waals surface area contributed by atoms with Crippen LogP contribution in [0.1, 0.15) is 74.1 Å². The zero-order valence-electron chi connectivity index (χ0n) is 28.2. The topological polar surface area (TPSA) is 135 Å². The first-order valence-corrected chi connectivity index (χ1v) is 15.4. The fourth-order valence-corrected chi connectivity index (χ4v) is 6.42. The average Bonchev–Trinajstić information content (AvgIpc) is 3.39. The minimum absolute atomic E-state index is 0.0152. The number of rotatable bonds is 17. The van der Waals surface area contributed by atoms with Crippen molar-refractivity contribution in [1.29, 1.82) is 0 Å². The van der Waals surface area contributed by atoms with Gasteiger partial charge in [-0.25, -0.2) is 0 Å². The Morgan fingerprint density at radius 1 is 0.976 bits per heavy atom. The summed E-state index contributed by atoms with van der Waals surface area (Å²) >= 11 is 0. The molecule has 1 aliphatic heterocycles. The van der Waals surface area contributed by atoms with Crippen molar-refractivity contribution in [3.63, 3.8) is 0 Å². The van der Waals surface area contributed by atoms with Crippen molar-refractivity contribution in [3.05, 3.63) is 0 Å². The maximum absolute atomic E-state index is 14.0. The molecule has 4 amide bonds. The van der Waals surface area contributed by atoms with Crippen LogP contribution in [-0.4, -0.2) is 117 Å². The van der Waals surface area contributed by atoms with Crippen molar-refractivity contribution in [2.45, 2.75) is 111 Å². The summed E-state index contributed by atoms with van der Waals surface area (Å²) in [7, 11) is 8.55. The van der Waals surface area contributed by atoms with E-state index in [0.29, 0.717) is 13.0 Å². The zero-order chi connectivity index (χ0) is 32.5. The maximum Gasteiger partial charge on any atom is 0.245 e. The minimum Gasteiger partial charge on any atom is -0.379 e. The smallest absolute Gasteiger partial charge is 0.245 e. The SMILES string of the molecule is CCC(C)C(C(CC(=O)N1CCCC1C(OC)C(C)C(N)=O)OC)N(C)C(=O)C(NC(=O)C(C(C)C)N(C)C)C(C)C. The Balaban J connectivity index is 3.26. The number of primary amides is 1. The monoisotopic (exact) mass is 597 g/mol. The first kappa shape index (κ1) is 37.8. The van der Waals surface area contributed by atoms with Crippen LogP contribution in [0, 0.1) is 23.7 Å². The summed E-state index contributed by atoms with van der Waals surface area (Å²) < 4.78 is 11.6. The van der Waals surface area contributed by atoms with Gasteiger partial charge in [0.05, 0.1) is 42.7 Å². The van der Waals surface area contributed by atoms with E-state index in [0.717, 1.165) is 12.8 Å². The molecule has 42 heavy (non-hydrogen) atoms. The lowest BCUT2D eigenvalue weighted by molar-refractivity contribution is -0.147. The quantitative estimate of drug-likeness (QED) is 0.262. The van der Waals surface area contributed by atoms with Crippen LogP contribution in [0.25, 0.3) is 0 Å². The molecule has 0 spiro atoms. The molecule has 1 aliphatic rings. The summed E-state index contributed by atoms with van der Waals surface area (Å²) in [6, 6.07) is -1.78. The molecular formula is C31H59N5O6. The van der Waals surface area contributed by atoms with Gasteiger partial charge in [0.15, 0.2) is 0 Å². The molecule has 8 unspecified atom stereocenters. The standard InChI is InChI=1S/C31H59N5O6/c1-13-20(6)27(35(10)31(40)25(18(2)3)33-30(39)26(19(4)5)34(8)9)23(41-11)17-24(37)36-16-14-15-22(36)28(42-12)21(7)29(32)38/h18-23,25-28H,13-17H2,1-12H3,(H2,32,38)(H,33,39). The van der Waals surface area contributed by atoms with Crippen molar-refractivity contribution in [3.8, 4) is 0 Å². The van der Waals surface area contributed by atoms with Crippen molar-refractivity contribution >= 4 is 23.6 Å². The van der Waals surface area contributed by atoms with Crippen LogP contribution in [0.3, 0.4) is 0 Å². The van der Waals surface area contributed by atoms with E-state index in [1.165, 1.54) is 7.11 Å². The Labute approximate surface area is 254 Å². The van der Waals surface area contributed by atoms with Gasteiger partial charge in [0.25, 0.3) is 0 Å². The first-order valence-electron chi connectivity index (χ1n) is 15.4. The van der Waals surface area contributed by atoms with E-state index < -0.39 is 36.1 Å². The number of likely N-dealkylation sites (tertiary alicyclic amines) is 1. The van der Waals surface area contributed by atoms with E-state index in [4.69, 9.17) is 15.2 Å². The van der Waals surface area contributed by atoms with Gasteiger partial charge in [-0.1, -0.05) is 54.9 Å². The van der Waals surface area contributed by atoms with E-state index in [1.54, 1.807) is 30.9 Å². The van der Waals surface area contributed by atoms with Gasteiger partial charge in [-0.3, -0.25) is 24.1 Å². The van der Waals surface area contributed by atoms with E-state index in [1.807, 2.05) is 60.5 Å². The first-order chi connectivity index (χ1) is 19.5. The Bertz CT molecular complexity index is 889. The average molecular weight is 598 g/mol. The minimum atomic E-state index is -0.732. The highest BCUT2D eigenvalue weighted by atomic mass is 16.5. The maximum atomic E-state index is 14.0. The number of ether oxygens (including phenoxy) is 2. The predicted octanol–water partition coefficient (Wildman–Crippen LogP) is 2.12. The highest BCUT2D eigenvalue weighted by molar-refractivity contribution is 5.90. The van der Waals surface area contributed by atoms with Gasteiger partial charge in [-0.05, 0) is 44.7 Å². The number of hydrogen-bond donors (Lipinski definition) is 2. The molecular weight excluding hydrogens is 538 g/mol.